The van der Waals surface area contributed by atoms with E-state index in [1.54, 1.807) is 0 Å². The molecule has 0 aromatic heterocycles. The van der Waals surface area contributed by atoms with Crippen LogP contribution >= 0.6 is 0 Å². The van der Waals surface area contributed by atoms with Crippen molar-refractivity contribution in [2.45, 2.75) is 121 Å². The number of hydrogen-bond donors (Lipinski definition) is 0. The Morgan fingerprint density at radius 2 is 1.09 bits per heavy atom. The third kappa shape index (κ3) is 4.97. The summed E-state index contributed by atoms with van der Waals surface area (Å²) in [6, 6.07) is 1.15. The Labute approximate surface area is 143 Å². The SMILES string of the molecule is O=C(CCC1CCCCC1)N(C1CCCCC1)C1CCCCC1. The van der Waals surface area contributed by atoms with E-state index in [9.17, 15) is 4.79 Å². The molecule has 3 saturated carbocycles. The van der Waals surface area contributed by atoms with Crippen molar-refractivity contribution in [3.63, 3.8) is 0 Å². The van der Waals surface area contributed by atoms with Gasteiger partial charge in [0.2, 0.25) is 5.91 Å². The first-order valence-corrected chi connectivity index (χ1v) is 10.7. The highest BCUT2D eigenvalue weighted by molar-refractivity contribution is 5.77. The fourth-order valence-corrected chi connectivity index (χ4v) is 5.36. The molecule has 0 spiro atoms. The summed E-state index contributed by atoms with van der Waals surface area (Å²) in [6.45, 7) is 0. The Morgan fingerprint density at radius 3 is 1.57 bits per heavy atom. The lowest BCUT2D eigenvalue weighted by Crippen LogP contribution is -2.48. The van der Waals surface area contributed by atoms with Crippen molar-refractivity contribution in [1.29, 1.82) is 0 Å². The van der Waals surface area contributed by atoms with Crippen LogP contribution < -0.4 is 0 Å². The molecule has 132 valence electrons. The molecule has 3 aliphatic carbocycles. The van der Waals surface area contributed by atoms with Crippen molar-refractivity contribution < 1.29 is 4.79 Å². The Hall–Kier alpha value is -0.530. The van der Waals surface area contributed by atoms with Gasteiger partial charge in [0.1, 0.15) is 0 Å². The van der Waals surface area contributed by atoms with E-state index in [0.29, 0.717) is 18.0 Å². The molecule has 2 nitrogen and oxygen atoms in total. The van der Waals surface area contributed by atoms with Crippen LogP contribution in [0.3, 0.4) is 0 Å². The third-order valence-corrected chi connectivity index (χ3v) is 6.72. The van der Waals surface area contributed by atoms with Crippen molar-refractivity contribution in [2.75, 3.05) is 0 Å². The van der Waals surface area contributed by atoms with Gasteiger partial charge in [-0.15, -0.1) is 0 Å². The zero-order valence-electron chi connectivity index (χ0n) is 15.1. The van der Waals surface area contributed by atoms with Gasteiger partial charge in [-0.05, 0) is 38.0 Å². The summed E-state index contributed by atoms with van der Waals surface area (Å²) in [6.07, 6.45) is 22.1. The van der Waals surface area contributed by atoms with Crippen molar-refractivity contribution in [1.82, 2.24) is 4.90 Å². The fourth-order valence-electron chi connectivity index (χ4n) is 5.36. The van der Waals surface area contributed by atoms with Crippen LogP contribution in [0.4, 0.5) is 0 Å². The normalized spacial score (nSPS) is 25.4. The number of amides is 1. The molecule has 3 aliphatic rings. The predicted octanol–water partition coefficient (Wildman–Crippen LogP) is 5.84. The van der Waals surface area contributed by atoms with Crippen LogP contribution in [0.25, 0.3) is 0 Å². The van der Waals surface area contributed by atoms with Gasteiger partial charge >= 0.3 is 0 Å². The largest absolute Gasteiger partial charge is 0.337 e. The third-order valence-electron chi connectivity index (χ3n) is 6.72. The molecule has 0 radical (unpaired) electrons. The molecular formula is C21H37NO. The van der Waals surface area contributed by atoms with Crippen LogP contribution in [0.5, 0.6) is 0 Å². The summed E-state index contributed by atoms with van der Waals surface area (Å²) in [5.74, 6) is 1.35. The highest BCUT2D eigenvalue weighted by atomic mass is 16.2. The minimum Gasteiger partial charge on any atom is -0.337 e. The maximum atomic E-state index is 13.1. The molecule has 0 N–H and O–H groups in total. The van der Waals surface area contributed by atoms with E-state index in [0.717, 1.165) is 18.8 Å². The first-order chi connectivity index (χ1) is 11.3. The first kappa shape index (κ1) is 17.3. The summed E-state index contributed by atoms with van der Waals surface area (Å²) in [5, 5.41) is 0. The molecule has 0 aromatic rings. The van der Waals surface area contributed by atoms with E-state index in [1.165, 1.54) is 96.3 Å². The van der Waals surface area contributed by atoms with Crippen LogP contribution in [0.2, 0.25) is 0 Å². The van der Waals surface area contributed by atoms with E-state index in [2.05, 4.69) is 4.90 Å². The van der Waals surface area contributed by atoms with E-state index < -0.39 is 0 Å². The van der Waals surface area contributed by atoms with Gasteiger partial charge in [0.05, 0.1) is 0 Å². The molecule has 23 heavy (non-hydrogen) atoms. The van der Waals surface area contributed by atoms with Gasteiger partial charge in [0.25, 0.3) is 0 Å². The molecule has 3 rings (SSSR count). The van der Waals surface area contributed by atoms with E-state index in [4.69, 9.17) is 0 Å². The number of nitrogens with zero attached hydrogens (tertiary/aromatic N) is 1. The first-order valence-electron chi connectivity index (χ1n) is 10.7. The lowest BCUT2D eigenvalue weighted by Gasteiger charge is -2.42. The summed E-state index contributed by atoms with van der Waals surface area (Å²) < 4.78 is 0. The minimum atomic E-state index is 0.509. The zero-order chi connectivity index (χ0) is 15.9. The number of carbonyl (C=O) groups excluding carboxylic acids is 1. The van der Waals surface area contributed by atoms with Gasteiger partial charge in [0.15, 0.2) is 0 Å². The van der Waals surface area contributed by atoms with Crippen LogP contribution in [0.15, 0.2) is 0 Å². The standard InChI is InChI=1S/C21H37NO/c23-21(17-16-18-10-4-1-5-11-18)22(19-12-6-2-7-13-19)20-14-8-3-9-15-20/h18-20H,1-17H2. The number of rotatable bonds is 5. The summed E-state index contributed by atoms with van der Waals surface area (Å²) >= 11 is 0. The average molecular weight is 320 g/mol. The highest BCUT2D eigenvalue weighted by Gasteiger charge is 2.32. The Morgan fingerprint density at radius 1 is 0.652 bits per heavy atom. The monoisotopic (exact) mass is 319 g/mol. The van der Waals surface area contributed by atoms with Gasteiger partial charge < -0.3 is 4.90 Å². The second-order valence-corrected chi connectivity index (χ2v) is 8.43. The van der Waals surface area contributed by atoms with Crippen molar-refractivity contribution in [3.8, 4) is 0 Å². The molecule has 0 unspecified atom stereocenters. The average Bonchev–Trinajstić information content (AvgIpc) is 2.63. The molecule has 0 heterocycles. The van der Waals surface area contributed by atoms with Crippen molar-refractivity contribution in [2.24, 2.45) is 5.92 Å². The number of carbonyl (C=O) groups is 1. The van der Waals surface area contributed by atoms with Gasteiger partial charge in [0, 0.05) is 18.5 Å². The number of hydrogen-bond acceptors (Lipinski definition) is 1. The summed E-state index contributed by atoms with van der Waals surface area (Å²) in [4.78, 5) is 15.5. The molecule has 0 bridgehead atoms. The zero-order valence-corrected chi connectivity index (χ0v) is 15.1. The van der Waals surface area contributed by atoms with E-state index in [-0.39, 0.29) is 0 Å². The van der Waals surface area contributed by atoms with Crippen molar-refractivity contribution in [3.05, 3.63) is 0 Å². The van der Waals surface area contributed by atoms with Gasteiger partial charge in [-0.2, -0.15) is 0 Å². The van der Waals surface area contributed by atoms with Crippen LogP contribution in [0, 0.1) is 5.92 Å². The Balaban J connectivity index is 1.57. The van der Waals surface area contributed by atoms with E-state index in [1.807, 2.05) is 0 Å². The highest BCUT2D eigenvalue weighted by Crippen LogP contribution is 2.32. The lowest BCUT2D eigenvalue weighted by molar-refractivity contribution is -0.138. The Bertz CT molecular complexity index is 331. The topological polar surface area (TPSA) is 20.3 Å². The smallest absolute Gasteiger partial charge is 0.223 e. The molecule has 3 fully saturated rings. The summed E-state index contributed by atoms with van der Waals surface area (Å²) in [5.41, 5.74) is 0. The molecule has 0 aliphatic heterocycles. The molecule has 1 amide bonds. The molecule has 0 aromatic carbocycles. The molecule has 2 heteroatoms. The maximum absolute atomic E-state index is 13.1. The molecule has 0 atom stereocenters. The van der Waals surface area contributed by atoms with Gasteiger partial charge in [-0.25, -0.2) is 0 Å². The van der Waals surface area contributed by atoms with Crippen LogP contribution in [-0.2, 0) is 4.79 Å². The molecule has 0 saturated heterocycles. The van der Waals surface area contributed by atoms with E-state index >= 15 is 0 Å². The maximum Gasteiger partial charge on any atom is 0.223 e. The summed E-state index contributed by atoms with van der Waals surface area (Å²) in [7, 11) is 0. The van der Waals surface area contributed by atoms with Crippen LogP contribution in [-0.4, -0.2) is 22.9 Å². The predicted molar refractivity (Wildman–Crippen MR) is 96.4 cm³/mol. The van der Waals surface area contributed by atoms with Gasteiger partial charge in [-0.1, -0.05) is 70.6 Å². The fraction of sp³-hybridized carbons (Fsp3) is 0.952. The van der Waals surface area contributed by atoms with Gasteiger partial charge in [-0.3, -0.25) is 4.79 Å². The van der Waals surface area contributed by atoms with Crippen LogP contribution in [0.1, 0.15) is 109 Å². The van der Waals surface area contributed by atoms with Crippen molar-refractivity contribution >= 4 is 5.91 Å². The quantitative estimate of drug-likeness (QED) is 0.623. The minimum absolute atomic E-state index is 0.509. The second kappa shape index (κ2) is 9.08. The lowest BCUT2D eigenvalue weighted by atomic mass is 9.85. The second-order valence-electron chi connectivity index (χ2n) is 8.43. The Kier molecular flexibility index (Phi) is 6.83. The molecular weight excluding hydrogens is 282 g/mol.